The smallest absolute Gasteiger partial charge is 0.142 e. The molecule has 1 aliphatic heterocycles. The predicted octanol–water partition coefficient (Wildman–Crippen LogP) is 3.23. The average molecular weight is 310 g/mol. The highest BCUT2D eigenvalue weighted by Crippen LogP contribution is 2.41. The summed E-state index contributed by atoms with van der Waals surface area (Å²) in [6.07, 6.45) is 4.31. The first-order valence-electron chi connectivity index (χ1n) is 7.31. The average Bonchev–Trinajstić information content (AvgIpc) is 2.45. The van der Waals surface area contributed by atoms with Gasteiger partial charge in [0, 0.05) is 40.8 Å². The van der Waals surface area contributed by atoms with Crippen LogP contribution in [0.3, 0.4) is 0 Å². The van der Waals surface area contributed by atoms with Gasteiger partial charge in [0.05, 0.1) is 5.25 Å². The first-order valence-corrected chi connectivity index (χ1v) is 9.52. The lowest BCUT2D eigenvalue weighted by molar-refractivity contribution is 0.259. The van der Waals surface area contributed by atoms with Crippen LogP contribution in [-0.4, -0.2) is 34.3 Å². The lowest BCUT2D eigenvalue weighted by Crippen LogP contribution is -2.33. The van der Waals surface area contributed by atoms with Crippen molar-refractivity contribution in [3.05, 3.63) is 23.3 Å². The van der Waals surface area contributed by atoms with E-state index in [1.54, 1.807) is 0 Å². The van der Waals surface area contributed by atoms with Crippen LogP contribution in [0.2, 0.25) is 0 Å². The largest absolute Gasteiger partial charge is 0.313 e. The van der Waals surface area contributed by atoms with E-state index < -0.39 is 0 Å². The van der Waals surface area contributed by atoms with Crippen molar-refractivity contribution in [2.75, 3.05) is 24.3 Å². The molecule has 3 nitrogen and oxygen atoms in total. The molecule has 1 aromatic rings. The number of hydrogen-bond donors (Lipinski definition) is 1. The third kappa shape index (κ3) is 3.00. The van der Waals surface area contributed by atoms with E-state index in [1.165, 1.54) is 22.8 Å². The molecule has 1 fully saturated rings. The van der Waals surface area contributed by atoms with Gasteiger partial charge in [-0.15, -0.1) is 11.8 Å². The maximum atomic E-state index is 4.95. The number of fused-ring (bicyclic) bond motifs is 1. The fraction of sp³-hybridized carbons (Fsp3) is 0.733. The van der Waals surface area contributed by atoms with Crippen LogP contribution in [-0.2, 0) is 6.42 Å². The molecule has 0 amide bonds. The van der Waals surface area contributed by atoms with Gasteiger partial charge in [0.25, 0.3) is 0 Å². The van der Waals surface area contributed by atoms with Gasteiger partial charge in [-0.3, -0.25) is 0 Å². The standard InChI is InChI=1S/C15H23N3S2/c1-15(2)6-11(16-3)10-8-17-14(18-12(10)7-15)13-9-19-4-5-20-13/h8,11,13,16H,4-7,9H2,1-3H3. The van der Waals surface area contributed by atoms with E-state index in [0.29, 0.717) is 16.7 Å². The summed E-state index contributed by atoms with van der Waals surface area (Å²) in [5.41, 5.74) is 2.90. The molecule has 0 aromatic carbocycles. The number of aromatic nitrogens is 2. The van der Waals surface area contributed by atoms with Crippen molar-refractivity contribution < 1.29 is 0 Å². The lowest BCUT2D eigenvalue weighted by Gasteiger charge is -2.36. The van der Waals surface area contributed by atoms with E-state index in [4.69, 9.17) is 4.98 Å². The van der Waals surface area contributed by atoms with E-state index in [2.05, 4.69) is 30.3 Å². The number of nitrogens with one attached hydrogen (secondary N) is 1. The number of hydrogen-bond acceptors (Lipinski definition) is 5. The van der Waals surface area contributed by atoms with Gasteiger partial charge in [0.2, 0.25) is 0 Å². The topological polar surface area (TPSA) is 37.8 Å². The van der Waals surface area contributed by atoms with Gasteiger partial charge in [-0.2, -0.15) is 11.8 Å². The Morgan fingerprint density at radius 2 is 2.20 bits per heavy atom. The van der Waals surface area contributed by atoms with Gasteiger partial charge >= 0.3 is 0 Å². The van der Waals surface area contributed by atoms with E-state index in [-0.39, 0.29) is 0 Å². The zero-order chi connectivity index (χ0) is 14.2. The highest BCUT2D eigenvalue weighted by molar-refractivity contribution is 8.06. The zero-order valence-corrected chi connectivity index (χ0v) is 14.1. The molecule has 0 saturated carbocycles. The molecule has 0 bridgehead atoms. The number of nitrogens with zero attached hydrogens (tertiary/aromatic N) is 2. The summed E-state index contributed by atoms with van der Waals surface area (Å²) >= 11 is 4.04. The van der Waals surface area contributed by atoms with Crippen LogP contribution >= 0.6 is 23.5 Å². The van der Waals surface area contributed by atoms with Gasteiger partial charge in [0.1, 0.15) is 5.82 Å². The summed E-state index contributed by atoms with van der Waals surface area (Å²) < 4.78 is 0. The molecule has 2 heterocycles. The molecular weight excluding hydrogens is 286 g/mol. The second-order valence-corrected chi connectivity index (χ2v) is 8.91. The van der Waals surface area contributed by atoms with Crippen molar-refractivity contribution in [1.29, 1.82) is 0 Å². The third-order valence-corrected chi connectivity index (χ3v) is 6.90. The quantitative estimate of drug-likeness (QED) is 0.908. The molecule has 1 aromatic heterocycles. The second-order valence-electron chi connectivity index (χ2n) is 6.45. The van der Waals surface area contributed by atoms with Crippen LogP contribution < -0.4 is 5.32 Å². The highest BCUT2D eigenvalue weighted by Gasteiger charge is 2.33. The Morgan fingerprint density at radius 3 is 2.90 bits per heavy atom. The minimum absolute atomic E-state index is 0.320. The van der Waals surface area contributed by atoms with Crippen molar-refractivity contribution in [1.82, 2.24) is 15.3 Å². The van der Waals surface area contributed by atoms with Crippen molar-refractivity contribution in [2.24, 2.45) is 5.41 Å². The molecule has 0 spiro atoms. The first-order chi connectivity index (χ1) is 9.59. The molecule has 3 rings (SSSR count). The summed E-state index contributed by atoms with van der Waals surface area (Å²) in [4.78, 5) is 9.62. The third-order valence-electron chi connectivity index (χ3n) is 4.15. The van der Waals surface area contributed by atoms with Gasteiger partial charge < -0.3 is 5.32 Å². The molecule has 2 atom stereocenters. The number of rotatable bonds is 2. The van der Waals surface area contributed by atoms with E-state index in [1.807, 2.05) is 30.6 Å². The first kappa shape index (κ1) is 14.7. The SMILES string of the molecule is CNC1CC(C)(C)Cc2nc(C3CSCCS3)ncc21. The fourth-order valence-electron chi connectivity index (χ4n) is 3.11. The zero-order valence-electron chi connectivity index (χ0n) is 12.5. The molecule has 1 aliphatic carbocycles. The number of thioether (sulfide) groups is 2. The van der Waals surface area contributed by atoms with E-state index in [9.17, 15) is 0 Å². The Hall–Kier alpha value is -0.260. The normalized spacial score (nSPS) is 28.9. The van der Waals surface area contributed by atoms with Crippen LogP contribution in [0.15, 0.2) is 6.20 Å². The highest BCUT2D eigenvalue weighted by atomic mass is 32.2. The van der Waals surface area contributed by atoms with E-state index >= 15 is 0 Å². The monoisotopic (exact) mass is 309 g/mol. The summed E-state index contributed by atoms with van der Waals surface area (Å²) in [6, 6.07) is 0.399. The molecule has 1 saturated heterocycles. The fourth-order valence-corrected chi connectivity index (χ4v) is 5.72. The van der Waals surface area contributed by atoms with Gasteiger partial charge in [0.15, 0.2) is 0 Å². The second kappa shape index (κ2) is 5.85. The van der Waals surface area contributed by atoms with Crippen molar-refractivity contribution in [2.45, 2.75) is 38.0 Å². The molecule has 5 heteroatoms. The summed E-state index contributed by atoms with van der Waals surface area (Å²) in [6.45, 7) is 4.68. The van der Waals surface area contributed by atoms with Crippen molar-refractivity contribution in [3.63, 3.8) is 0 Å². The minimum Gasteiger partial charge on any atom is -0.313 e. The van der Waals surface area contributed by atoms with Crippen LogP contribution in [0.25, 0.3) is 0 Å². The molecule has 2 unspecified atom stereocenters. The maximum absolute atomic E-state index is 4.95. The summed E-state index contributed by atoms with van der Waals surface area (Å²) in [7, 11) is 2.04. The predicted molar refractivity (Wildman–Crippen MR) is 88.5 cm³/mol. The molecular formula is C15H23N3S2. The van der Waals surface area contributed by atoms with Crippen LogP contribution in [0.4, 0.5) is 0 Å². The minimum atomic E-state index is 0.320. The lowest BCUT2D eigenvalue weighted by atomic mass is 9.74. The Balaban J connectivity index is 1.91. The maximum Gasteiger partial charge on any atom is 0.142 e. The van der Waals surface area contributed by atoms with Gasteiger partial charge in [-0.25, -0.2) is 9.97 Å². The molecule has 0 radical (unpaired) electrons. The molecule has 2 aliphatic rings. The van der Waals surface area contributed by atoms with Crippen LogP contribution in [0.5, 0.6) is 0 Å². The molecule has 20 heavy (non-hydrogen) atoms. The summed E-state index contributed by atoms with van der Waals surface area (Å²) in [5, 5.41) is 3.91. The Kier molecular flexibility index (Phi) is 4.29. The Labute approximate surface area is 130 Å². The van der Waals surface area contributed by atoms with Crippen molar-refractivity contribution >= 4 is 23.5 Å². The van der Waals surface area contributed by atoms with Gasteiger partial charge in [-0.05, 0) is 25.3 Å². The van der Waals surface area contributed by atoms with Crippen molar-refractivity contribution in [3.8, 4) is 0 Å². The molecule has 110 valence electrons. The summed E-state index contributed by atoms with van der Waals surface area (Å²) in [5.74, 6) is 4.69. The Bertz CT molecular complexity index is 484. The van der Waals surface area contributed by atoms with Gasteiger partial charge in [-0.1, -0.05) is 13.8 Å². The van der Waals surface area contributed by atoms with E-state index in [0.717, 1.165) is 24.4 Å². The van der Waals surface area contributed by atoms with Crippen LogP contribution in [0.1, 0.15) is 48.6 Å². The molecule has 1 N–H and O–H groups in total. The Morgan fingerprint density at radius 1 is 1.35 bits per heavy atom. The van der Waals surface area contributed by atoms with Crippen LogP contribution in [0, 0.1) is 5.41 Å².